The van der Waals surface area contributed by atoms with Crippen LogP contribution in [0.2, 0.25) is 0 Å². The summed E-state index contributed by atoms with van der Waals surface area (Å²) in [5.74, 6) is -1.02. The van der Waals surface area contributed by atoms with Gasteiger partial charge in [0.2, 0.25) is 5.91 Å². The minimum absolute atomic E-state index is 0.190. The molecule has 0 saturated heterocycles. The van der Waals surface area contributed by atoms with E-state index in [2.05, 4.69) is 16.0 Å². The van der Waals surface area contributed by atoms with Crippen molar-refractivity contribution in [3.8, 4) is 5.75 Å². The second-order valence-corrected chi connectivity index (χ2v) is 4.15. The van der Waals surface area contributed by atoms with Crippen molar-refractivity contribution in [1.29, 1.82) is 0 Å². The second kappa shape index (κ2) is 8.57. The molecule has 0 aromatic heterocycles. The Balaban J connectivity index is 2.37. The van der Waals surface area contributed by atoms with Crippen LogP contribution >= 0.6 is 0 Å². The molecule has 0 spiro atoms. The molecule has 0 aliphatic heterocycles. The lowest BCUT2D eigenvalue weighted by Crippen LogP contribution is -2.39. The number of benzene rings is 1. The number of hydrogen-bond donors (Lipinski definition) is 3. The highest BCUT2D eigenvalue weighted by atomic mass is 16.5. The SMILES string of the molecule is CCOc1ccc(NC(=O)C(=O)NCCNC(C)=O)cc1. The van der Waals surface area contributed by atoms with E-state index in [9.17, 15) is 14.4 Å². The van der Waals surface area contributed by atoms with Crippen molar-refractivity contribution in [3.63, 3.8) is 0 Å². The molecule has 0 radical (unpaired) electrons. The van der Waals surface area contributed by atoms with Gasteiger partial charge in [0.05, 0.1) is 6.61 Å². The number of anilines is 1. The van der Waals surface area contributed by atoms with Gasteiger partial charge in [-0.1, -0.05) is 0 Å². The van der Waals surface area contributed by atoms with Crippen molar-refractivity contribution in [2.75, 3.05) is 25.0 Å². The Morgan fingerprint density at radius 2 is 1.62 bits per heavy atom. The first-order chi connectivity index (χ1) is 10.0. The number of amides is 3. The van der Waals surface area contributed by atoms with Gasteiger partial charge < -0.3 is 20.7 Å². The van der Waals surface area contributed by atoms with Crippen LogP contribution in [0.1, 0.15) is 13.8 Å². The number of carbonyl (C=O) groups excluding carboxylic acids is 3. The summed E-state index contributed by atoms with van der Waals surface area (Å²) in [5.41, 5.74) is 0.500. The molecular weight excluding hydrogens is 274 g/mol. The molecule has 0 aliphatic carbocycles. The number of ether oxygens (including phenoxy) is 1. The Labute approximate surface area is 123 Å². The summed E-state index contributed by atoms with van der Waals surface area (Å²) in [7, 11) is 0. The van der Waals surface area contributed by atoms with Crippen LogP contribution < -0.4 is 20.7 Å². The fourth-order valence-corrected chi connectivity index (χ4v) is 1.48. The zero-order chi connectivity index (χ0) is 15.7. The predicted octanol–water partition coefficient (Wildman–Crippen LogP) is 0.276. The monoisotopic (exact) mass is 293 g/mol. The summed E-state index contributed by atoms with van der Waals surface area (Å²) in [6.07, 6.45) is 0. The number of carbonyl (C=O) groups is 3. The van der Waals surface area contributed by atoms with E-state index in [0.29, 0.717) is 18.0 Å². The summed E-state index contributed by atoms with van der Waals surface area (Å²) in [4.78, 5) is 33.7. The van der Waals surface area contributed by atoms with Crippen LogP contribution in [0.15, 0.2) is 24.3 Å². The molecule has 0 saturated carbocycles. The first-order valence-electron chi connectivity index (χ1n) is 6.59. The summed E-state index contributed by atoms with van der Waals surface area (Å²) in [6.45, 7) is 4.27. The maximum absolute atomic E-state index is 11.6. The maximum Gasteiger partial charge on any atom is 0.313 e. The van der Waals surface area contributed by atoms with E-state index in [1.165, 1.54) is 6.92 Å². The van der Waals surface area contributed by atoms with Crippen LogP contribution in [-0.2, 0) is 14.4 Å². The van der Waals surface area contributed by atoms with Crippen molar-refractivity contribution in [1.82, 2.24) is 10.6 Å². The molecule has 7 nitrogen and oxygen atoms in total. The van der Waals surface area contributed by atoms with Crippen molar-refractivity contribution >= 4 is 23.4 Å². The van der Waals surface area contributed by atoms with E-state index in [1.807, 2.05) is 6.92 Å². The van der Waals surface area contributed by atoms with Gasteiger partial charge in [0, 0.05) is 25.7 Å². The highest BCUT2D eigenvalue weighted by Crippen LogP contribution is 2.15. The predicted molar refractivity (Wildman–Crippen MR) is 77.9 cm³/mol. The summed E-state index contributed by atoms with van der Waals surface area (Å²) < 4.78 is 5.27. The Hall–Kier alpha value is -2.57. The molecule has 0 atom stereocenters. The standard InChI is InChI=1S/C14H19N3O4/c1-3-21-12-6-4-11(5-7-12)17-14(20)13(19)16-9-8-15-10(2)18/h4-7H,3,8-9H2,1-2H3,(H,15,18)(H,16,19)(H,17,20). The van der Waals surface area contributed by atoms with Crippen LogP contribution in [0.4, 0.5) is 5.69 Å². The van der Waals surface area contributed by atoms with E-state index in [0.717, 1.165) is 0 Å². The quantitative estimate of drug-likeness (QED) is 0.518. The first kappa shape index (κ1) is 16.5. The number of nitrogens with one attached hydrogen (secondary N) is 3. The lowest BCUT2D eigenvalue weighted by Gasteiger charge is -2.08. The molecular formula is C14H19N3O4. The molecule has 0 fully saturated rings. The molecule has 3 N–H and O–H groups in total. The summed E-state index contributed by atoms with van der Waals surface area (Å²) in [6, 6.07) is 6.70. The fourth-order valence-electron chi connectivity index (χ4n) is 1.48. The van der Waals surface area contributed by atoms with Crippen molar-refractivity contribution in [3.05, 3.63) is 24.3 Å². The smallest absolute Gasteiger partial charge is 0.313 e. The summed E-state index contributed by atoms with van der Waals surface area (Å²) in [5, 5.41) is 7.37. The van der Waals surface area contributed by atoms with E-state index in [1.54, 1.807) is 24.3 Å². The number of rotatable bonds is 6. The third kappa shape index (κ3) is 6.42. The third-order valence-corrected chi connectivity index (χ3v) is 2.41. The minimum atomic E-state index is -0.762. The molecule has 114 valence electrons. The third-order valence-electron chi connectivity index (χ3n) is 2.41. The van der Waals surface area contributed by atoms with Gasteiger partial charge in [-0.3, -0.25) is 14.4 Å². The van der Waals surface area contributed by atoms with Crippen LogP contribution in [0.25, 0.3) is 0 Å². The van der Waals surface area contributed by atoms with E-state index in [-0.39, 0.29) is 19.0 Å². The Bertz CT molecular complexity index is 499. The maximum atomic E-state index is 11.6. The van der Waals surface area contributed by atoms with Gasteiger partial charge in [0.25, 0.3) is 0 Å². The average Bonchev–Trinajstić information content (AvgIpc) is 2.45. The Kier molecular flexibility index (Phi) is 6.73. The van der Waals surface area contributed by atoms with Crippen molar-refractivity contribution in [2.45, 2.75) is 13.8 Å². The zero-order valence-corrected chi connectivity index (χ0v) is 12.1. The normalized spacial score (nSPS) is 9.62. The highest BCUT2D eigenvalue weighted by Gasteiger charge is 2.12. The van der Waals surface area contributed by atoms with Gasteiger partial charge in [-0.2, -0.15) is 0 Å². The Morgan fingerprint density at radius 1 is 1.00 bits per heavy atom. The summed E-state index contributed by atoms with van der Waals surface area (Å²) >= 11 is 0. The molecule has 1 aromatic carbocycles. The lowest BCUT2D eigenvalue weighted by atomic mass is 10.3. The van der Waals surface area contributed by atoms with Crippen molar-refractivity contribution in [2.24, 2.45) is 0 Å². The van der Waals surface area contributed by atoms with Gasteiger partial charge in [-0.25, -0.2) is 0 Å². The van der Waals surface area contributed by atoms with Gasteiger partial charge in [0.1, 0.15) is 5.75 Å². The molecule has 7 heteroatoms. The fraction of sp³-hybridized carbons (Fsp3) is 0.357. The van der Waals surface area contributed by atoms with Crippen LogP contribution in [0.5, 0.6) is 5.75 Å². The van der Waals surface area contributed by atoms with Gasteiger partial charge >= 0.3 is 11.8 Å². The highest BCUT2D eigenvalue weighted by molar-refractivity contribution is 6.39. The van der Waals surface area contributed by atoms with Crippen molar-refractivity contribution < 1.29 is 19.1 Å². The zero-order valence-electron chi connectivity index (χ0n) is 12.1. The molecule has 21 heavy (non-hydrogen) atoms. The largest absolute Gasteiger partial charge is 0.494 e. The molecule has 1 rings (SSSR count). The molecule has 0 heterocycles. The molecule has 0 unspecified atom stereocenters. The molecule has 0 aliphatic rings. The van der Waals surface area contributed by atoms with Gasteiger partial charge in [0.15, 0.2) is 0 Å². The van der Waals surface area contributed by atoms with E-state index < -0.39 is 11.8 Å². The second-order valence-electron chi connectivity index (χ2n) is 4.15. The molecule has 0 bridgehead atoms. The lowest BCUT2D eigenvalue weighted by molar-refractivity contribution is -0.136. The topological polar surface area (TPSA) is 96.5 Å². The van der Waals surface area contributed by atoms with Crippen LogP contribution in [0, 0.1) is 0 Å². The van der Waals surface area contributed by atoms with Gasteiger partial charge in [-0.15, -0.1) is 0 Å². The Morgan fingerprint density at radius 3 is 2.19 bits per heavy atom. The van der Waals surface area contributed by atoms with E-state index >= 15 is 0 Å². The number of hydrogen-bond acceptors (Lipinski definition) is 4. The van der Waals surface area contributed by atoms with Gasteiger partial charge in [-0.05, 0) is 31.2 Å². The van der Waals surface area contributed by atoms with Crippen LogP contribution in [-0.4, -0.2) is 37.4 Å². The molecule has 1 aromatic rings. The molecule has 3 amide bonds. The minimum Gasteiger partial charge on any atom is -0.494 e. The first-order valence-corrected chi connectivity index (χ1v) is 6.59. The van der Waals surface area contributed by atoms with E-state index in [4.69, 9.17) is 4.74 Å². The average molecular weight is 293 g/mol. The van der Waals surface area contributed by atoms with Crippen LogP contribution in [0.3, 0.4) is 0 Å².